The van der Waals surface area contributed by atoms with Crippen LogP contribution >= 0.6 is 0 Å². The van der Waals surface area contributed by atoms with Crippen LogP contribution in [0.25, 0.3) is 11.8 Å². The molecule has 5 nitrogen and oxygen atoms in total. The summed E-state index contributed by atoms with van der Waals surface area (Å²) in [6, 6.07) is 11.0. The molecule has 0 aliphatic carbocycles. The molecule has 1 N–H and O–H groups in total. The van der Waals surface area contributed by atoms with Crippen LogP contribution in [0.4, 0.5) is 26.3 Å². The zero-order valence-corrected chi connectivity index (χ0v) is 16.9. The lowest BCUT2D eigenvalue weighted by Gasteiger charge is -2.29. The molecule has 1 aliphatic heterocycles. The minimum absolute atomic E-state index is 0.637. The quantitative estimate of drug-likeness (QED) is 0.379. The Bertz CT molecular complexity index is 1060. The average molecular weight is 469 g/mol. The van der Waals surface area contributed by atoms with Crippen LogP contribution in [-0.4, -0.2) is 37.5 Å². The van der Waals surface area contributed by atoms with Crippen molar-refractivity contribution in [3.63, 3.8) is 0 Å². The van der Waals surface area contributed by atoms with E-state index in [1.807, 2.05) is 36.2 Å². The molecule has 2 aromatic rings. The van der Waals surface area contributed by atoms with Gasteiger partial charge in [0.25, 0.3) is 0 Å². The molecule has 0 amide bonds. The van der Waals surface area contributed by atoms with Crippen LogP contribution < -0.4 is 4.74 Å². The molecule has 170 valence electrons. The summed E-state index contributed by atoms with van der Waals surface area (Å²) < 4.78 is 101. The summed E-state index contributed by atoms with van der Waals surface area (Å²) in [4.78, 5) is 2.01. The largest absolute Gasteiger partial charge is 0.522 e. The van der Waals surface area contributed by atoms with Gasteiger partial charge in [-0.15, -0.1) is 0 Å². The second kappa shape index (κ2) is 8.79. The summed E-state index contributed by atoms with van der Waals surface area (Å²) in [5, 5.41) is 0. The van der Waals surface area contributed by atoms with Crippen LogP contribution in [0.5, 0.6) is 5.75 Å². The van der Waals surface area contributed by atoms with E-state index in [2.05, 4.69) is 0 Å². The van der Waals surface area contributed by atoms with E-state index in [1.165, 1.54) is 12.1 Å². The maximum absolute atomic E-state index is 12.7. The molecule has 0 atom stereocenters. The van der Waals surface area contributed by atoms with Crippen molar-refractivity contribution >= 4 is 21.9 Å². The predicted molar refractivity (Wildman–Crippen MR) is 101 cm³/mol. The van der Waals surface area contributed by atoms with Gasteiger partial charge in [-0.05, 0) is 35.4 Å². The third kappa shape index (κ3) is 5.91. The van der Waals surface area contributed by atoms with E-state index in [4.69, 9.17) is 17.7 Å². The SMILES string of the molecule is COc1cccc2c1CN(C)C(c1ccc(C(F)(F)F)cc1)=C2.O=S(=O)(O)C(F)(F)F. The first kappa shape index (κ1) is 24.5. The lowest BCUT2D eigenvalue weighted by atomic mass is 9.97. The zero-order valence-electron chi connectivity index (χ0n) is 16.1. The van der Waals surface area contributed by atoms with Gasteiger partial charge in [0.05, 0.1) is 12.7 Å². The van der Waals surface area contributed by atoms with Crippen molar-refractivity contribution in [2.75, 3.05) is 14.2 Å². The highest BCUT2D eigenvalue weighted by molar-refractivity contribution is 7.86. The number of fused-ring (bicyclic) bond motifs is 1. The topological polar surface area (TPSA) is 66.8 Å². The molecule has 3 rings (SSSR count). The molecule has 2 aromatic carbocycles. The Kier molecular flexibility index (Phi) is 6.96. The second-order valence-electron chi connectivity index (χ2n) is 6.41. The van der Waals surface area contributed by atoms with Crippen molar-refractivity contribution in [2.24, 2.45) is 0 Å². The lowest BCUT2D eigenvalue weighted by Crippen LogP contribution is -2.21. The molecule has 0 aromatic heterocycles. The second-order valence-corrected chi connectivity index (χ2v) is 7.82. The van der Waals surface area contributed by atoms with Gasteiger partial charge in [-0.1, -0.05) is 24.3 Å². The number of alkyl halides is 6. The van der Waals surface area contributed by atoms with Crippen molar-refractivity contribution < 1.29 is 44.0 Å². The van der Waals surface area contributed by atoms with Crippen LogP contribution in [0.15, 0.2) is 42.5 Å². The molecule has 12 heteroatoms. The van der Waals surface area contributed by atoms with E-state index in [-0.39, 0.29) is 0 Å². The van der Waals surface area contributed by atoms with Crippen molar-refractivity contribution in [2.45, 2.75) is 18.2 Å². The number of methoxy groups -OCH3 is 1. The van der Waals surface area contributed by atoms with E-state index in [9.17, 15) is 26.3 Å². The predicted octanol–water partition coefficient (Wildman–Crippen LogP) is 5.05. The fourth-order valence-corrected chi connectivity index (χ4v) is 2.79. The van der Waals surface area contributed by atoms with Crippen molar-refractivity contribution in [3.8, 4) is 5.75 Å². The average Bonchev–Trinajstić information content (AvgIpc) is 2.65. The van der Waals surface area contributed by atoms with Gasteiger partial charge in [0.1, 0.15) is 5.75 Å². The van der Waals surface area contributed by atoms with E-state index in [1.54, 1.807) is 7.11 Å². The summed E-state index contributed by atoms with van der Waals surface area (Å²) in [6.07, 6.45) is -2.34. The van der Waals surface area contributed by atoms with Gasteiger partial charge in [-0.25, -0.2) is 0 Å². The Morgan fingerprint density at radius 1 is 1.00 bits per heavy atom. The zero-order chi connectivity index (χ0) is 23.6. The molecule has 0 unspecified atom stereocenters. The number of ether oxygens (including phenoxy) is 1. The van der Waals surface area contributed by atoms with Crippen LogP contribution in [0.1, 0.15) is 22.3 Å². The fourth-order valence-electron chi connectivity index (χ4n) is 2.79. The van der Waals surface area contributed by atoms with Crippen molar-refractivity contribution in [1.82, 2.24) is 4.90 Å². The number of rotatable bonds is 2. The number of nitrogens with zero attached hydrogens (tertiary/aromatic N) is 1. The van der Waals surface area contributed by atoms with Gasteiger partial charge in [-0.2, -0.15) is 34.8 Å². The standard InChI is InChI=1S/C18H16F3NO.CHF3O3S/c1-22-11-15-13(4-3-5-17(15)23-2)10-16(22)12-6-8-14(9-7-12)18(19,20)21;2-1(3,4)8(5,6)7/h3-10H,11H2,1-2H3;(H,5,6,7). The van der Waals surface area contributed by atoms with Crippen LogP contribution in [0, 0.1) is 0 Å². The summed E-state index contributed by atoms with van der Waals surface area (Å²) in [6.45, 7) is 0.645. The lowest BCUT2D eigenvalue weighted by molar-refractivity contribution is -0.137. The normalized spacial score (nSPS) is 14.2. The number of halogens is 6. The molecule has 0 fully saturated rings. The minimum atomic E-state index is -5.84. The van der Waals surface area contributed by atoms with Crippen molar-refractivity contribution in [1.29, 1.82) is 0 Å². The molecule has 1 aliphatic rings. The van der Waals surface area contributed by atoms with Gasteiger partial charge >= 0.3 is 21.8 Å². The van der Waals surface area contributed by atoms with Gasteiger partial charge in [-0.3, -0.25) is 4.55 Å². The number of hydrogen-bond donors (Lipinski definition) is 1. The molecule has 31 heavy (non-hydrogen) atoms. The van der Waals surface area contributed by atoms with Gasteiger partial charge in [0, 0.05) is 24.9 Å². The van der Waals surface area contributed by atoms with Crippen LogP contribution in [-0.2, 0) is 22.8 Å². The van der Waals surface area contributed by atoms with Gasteiger partial charge in [0.2, 0.25) is 0 Å². The van der Waals surface area contributed by atoms with E-state index in [0.717, 1.165) is 40.3 Å². The Morgan fingerprint density at radius 2 is 1.55 bits per heavy atom. The summed E-state index contributed by atoms with van der Waals surface area (Å²) in [5.74, 6) is 0.817. The van der Waals surface area contributed by atoms with Crippen LogP contribution in [0.3, 0.4) is 0 Å². The highest BCUT2D eigenvalue weighted by Crippen LogP contribution is 2.35. The van der Waals surface area contributed by atoms with Gasteiger partial charge < -0.3 is 9.64 Å². The van der Waals surface area contributed by atoms with E-state index in [0.29, 0.717) is 6.54 Å². The molecule has 0 spiro atoms. The third-order valence-corrected chi connectivity index (χ3v) is 4.87. The first-order valence-electron chi connectivity index (χ1n) is 8.45. The Hall–Kier alpha value is -2.73. The Balaban J connectivity index is 0.000000366. The molecule has 0 radical (unpaired) electrons. The first-order chi connectivity index (χ1) is 14.1. The maximum Gasteiger partial charge on any atom is 0.522 e. The monoisotopic (exact) mass is 469 g/mol. The Labute approximate surface area is 174 Å². The van der Waals surface area contributed by atoms with E-state index < -0.39 is 27.4 Å². The smallest absolute Gasteiger partial charge is 0.496 e. The molecular formula is C19H17F6NO4S. The summed E-state index contributed by atoms with van der Waals surface area (Å²) in [5.41, 5.74) is -2.42. The third-order valence-electron chi connectivity index (χ3n) is 4.29. The molecule has 1 heterocycles. The van der Waals surface area contributed by atoms with E-state index >= 15 is 0 Å². The maximum atomic E-state index is 12.7. The molecule has 0 saturated heterocycles. The Morgan fingerprint density at radius 3 is 2.00 bits per heavy atom. The number of benzene rings is 2. The first-order valence-corrected chi connectivity index (χ1v) is 9.89. The fraction of sp³-hybridized carbons (Fsp3) is 0.263. The van der Waals surface area contributed by atoms with Gasteiger partial charge in [0.15, 0.2) is 0 Å². The molecule has 0 bridgehead atoms. The highest BCUT2D eigenvalue weighted by atomic mass is 32.2. The van der Waals surface area contributed by atoms with Crippen LogP contribution in [0.2, 0.25) is 0 Å². The highest BCUT2D eigenvalue weighted by Gasteiger charge is 2.44. The molecule has 0 saturated carbocycles. The van der Waals surface area contributed by atoms with Crippen molar-refractivity contribution in [3.05, 3.63) is 64.7 Å². The molecular weight excluding hydrogens is 452 g/mol. The number of hydrogen-bond acceptors (Lipinski definition) is 4. The summed E-state index contributed by atoms with van der Waals surface area (Å²) in [7, 11) is -2.30. The minimum Gasteiger partial charge on any atom is -0.496 e. The summed E-state index contributed by atoms with van der Waals surface area (Å²) >= 11 is 0.